The second-order valence-electron chi connectivity index (χ2n) is 3.50. The van der Waals surface area contributed by atoms with Crippen LogP contribution in [0.15, 0.2) is 4.79 Å². The number of hydrogen-bond donors (Lipinski definition) is 1. The topological polar surface area (TPSA) is 72.2 Å². The zero-order chi connectivity index (χ0) is 11.6. The first-order valence-corrected chi connectivity index (χ1v) is 4.68. The molecule has 0 amide bonds. The molecule has 1 aromatic heterocycles. The number of aryl methyl sites for hydroxylation is 1. The summed E-state index contributed by atoms with van der Waals surface area (Å²) in [6.07, 6.45) is 0.468. The smallest absolute Gasteiger partial charge is 0.347 e. The van der Waals surface area contributed by atoms with E-state index in [-0.39, 0.29) is 12.1 Å². The van der Waals surface area contributed by atoms with Gasteiger partial charge in [-0.1, -0.05) is 0 Å². The molecule has 0 saturated carbocycles. The van der Waals surface area contributed by atoms with E-state index in [1.165, 1.54) is 4.57 Å². The molecule has 0 atom stereocenters. The summed E-state index contributed by atoms with van der Waals surface area (Å²) in [6.45, 7) is 3.53. The van der Waals surface area contributed by atoms with E-state index < -0.39 is 5.97 Å². The highest BCUT2D eigenvalue weighted by Gasteiger charge is 2.10. The van der Waals surface area contributed by atoms with Crippen LogP contribution in [0.25, 0.3) is 0 Å². The number of aromatic nitrogens is 2. The third kappa shape index (κ3) is 2.43. The molecule has 5 nitrogen and oxygen atoms in total. The van der Waals surface area contributed by atoms with Crippen LogP contribution in [-0.4, -0.2) is 20.6 Å². The van der Waals surface area contributed by atoms with Crippen molar-refractivity contribution in [3.8, 4) is 0 Å². The summed E-state index contributed by atoms with van der Waals surface area (Å²) in [6, 6.07) is 0. The number of carbonyl (C=O) groups is 1. The Morgan fingerprint density at radius 1 is 1.47 bits per heavy atom. The van der Waals surface area contributed by atoms with E-state index in [2.05, 4.69) is 4.98 Å². The average Bonchev–Trinajstić information content (AvgIpc) is 2.14. The van der Waals surface area contributed by atoms with Crippen molar-refractivity contribution in [2.24, 2.45) is 7.05 Å². The Labute approximate surface area is 87.4 Å². The zero-order valence-electron chi connectivity index (χ0n) is 9.07. The maximum absolute atomic E-state index is 11.3. The van der Waals surface area contributed by atoms with Gasteiger partial charge < -0.3 is 5.11 Å². The van der Waals surface area contributed by atoms with E-state index in [1.807, 2.05) is 0 Å². The van der Waals surface area contributed by atoms with Crippen LogP contribution in [0.4, 0.5) is 0 Å². The summed E-state index contributed by atoms with van der Waals surface area (Å²) >= 11 is 0. The summed E-state index contributed by atoms with van der Waals surface area (Å²) in [5.74, 6) is -0.845. The van der Waals surface area contributed by atoms with E-state index in [1.54, 1.807) is 20.9 Å². The zero-order valence-corrected chi connectivity index (χ0v) is 9.07. The first-order chi connectivity index (χ1) is 6.93. The van der Waals surface area contributed by atoms with Crippen molar-refractivity contribution < 1.29 is 9.90 Å². The number of hydrogen-bond acceptors (Lipinski definition) is 3. The van der Waals surface area contributed by atoms with Gasteiger partial charge in [0.15, 0.2) is 0 Å². The van der Waals surface area contributed by atoms with E-state index in [9.17, 15) is 9.59 Å². The van der Waals surface area contributed by atoms with Crippen molar-refractivity contribution in [3.63, 3.8) is 0 Å². The van der Waals surface area contributed by atoms with Gasteiger partial charge in [-0.15, -0.1) is 0 Å². The van der Waals surface area contributed by atoms with Crippen molar-refractivity contribution in [1.82, 2.24) is 9.55 Å². The van der Waals surface area contributed by atoms with Crippen LogP contribution in [0.1, 0.15) is 23.4 Å². The van der Waals surface area contributed by atoms with Crippen LogP contribution in [-0.2, 0) is 18.3 Å². The van der Waals surface area contributed by atoms with Gasteiger partial charge in [-0.25, -0.2) is 4.79 Å². The highest BCUT2D eigenvalue weighted by molar-refractivity contribution is 5.67. The van der Waals surface area contributed by atoms with Crippen molar-refractivity contribution in [2.45, 2.75) is 26.7 Å². The number of carboxylic acid groups (broad SMARTS) is 1. The highest BCUT2D eigenvalue weighted by atomic mass is 16.4. The first kappa shape index (κ1) is 11.4. The van der Waals surface area contributed by atoms with E-state index in [0.29, 0.717) is 12.1 Å². The molecule has 0 unspecified atom stereocenters. The minimum absolute atomic E-state index is 0.0571. The molecule has 0 bridgehead atoms. The van der Waals surface area contributed by atoms with Gasteiger partial charge in [0.25, 0.3) is 0 Å². The fourth-order valence-electron chi connectivity index (χ4n) is 1.49. The quantitative estimate of drug-likeness (QED) is 0.784. The SMILES string of the molecule is Cc1nc(=O)n(C)c(C)c1CCC(=O)O. The summed E-state index contributed by atoms with van der Waals surface area (Å²) in [7, 11) is 1.63. The van der Waals surface area contributed by atoms with Gasteiger partial charge in [0.2, 0.25) is 0 Å². The van der Waals surface area contributed by atoms with Gasteiger partial charge in [0.1, 0.15) is 0 Å². The fourth-order valence-corrected chi connectivity index (χ4v) is 1.49. The molecule has 1 N–H and O–H groups in total. The lowest BCUT2D eigenvalue weighted by Crippen LogP contribution is -2.25. The van der Waals surface area contributed by atoms with Gasteiger partial charge in [-0.2, -0.15) is 4.98 Å². The molecule has 1 heterocycles. The second kappa shape index (κ2) is 4.25. The minimum atomic E-state index is -0.845. The molecular weight excluding hydrogens is 196 g/mol. The molecule has 0 radical (unpaired) electrons. The Morgan fingerprint density at radius 2 is 2.07 bits per heavy atom. The lowest BCUT2D eigenvalue weighted by atomic mass is 10.1. The van der Waals surface area contributed by atoms with Crippen LogP contribution in [0.5, 0.6) is 0 Å². The van der Waals surface area contributed by atoms with E-state index in [4.69, 9.17) is 5.11 Å². The second-order valence-corrected chi connectivity index (χ2v) is 3.50. The lowest BCUT2D eigenvalue weighted by Gasteiger charge is -2.10. The maximum Gasteiger partial charge on any atom is 0.347 e. The van der Waals surface area contributed by atoms with E-state index in [0.717, 1.165) is 11.3 Å². The van der Waals surface area contributed by atoms with E-state index >= 15 is 0 Å². The standard InChI is InChI=1S/C10H14N2O3/c1-6-8(4-5-9(13)14)7(2)12(3)10(15)11-6/h4-5H2,1-3H3,(H,13,14). The van der Waals surface area contributed by atoms with Crippen LogP contribution in [0.2, 0.25) is 0 Å². The highest BCUT2D eigenvalue weighted by Crippen LogP contribution is 2.10. The Kier molecular flexibility index (Phi) is 3.24. The van der Waals surface area contributed by atoms with Gasteiger partial charge in [0, 0.05) is 24.9 Å². The molecule has 0 aromatic carbocycles. The largest absolute Gasteiger partial charge is 0.481 e. The molecule has 0 saturated heterocycles. The first-order valence-electron chi connectivity index (χ1n) is 4.68. The van der Waals surface area contributed by atoms with Crippen molar-refractivity contribution in [3.05, 3.63) is 27.4 Å². The third-order valence-corrected chi connectivity index (χ3v) is 2.52. The molecule has 0 spiro atoms. The van der Waals surface area contributed by atoms with Crippen molar-refractivity contribution in [2.75, 3.05) is 0 Å². The molecule has 1 aromatic rings. The summed E-state index contributed by atoms with van der Waals surface area (Å²) in [4.78, 5) is 25.6. The predicted octanol–water partition coefficient (Wildman–Crippen LogP) is 0.414. The minimum Gasteiger partial charge on any atom is -0.481 e. The molecule has 0 fully saturated rings. The Morgan fingerprint density at radius 3 is 2.60 bits per heavy atom. The molecule has 1 rings (SSSR count). The molecule has 0 aliphatic carbocycles. The number of nitrogens with zero attached hydrogens (tertiary/aromatic N) is 2. The maximum atomic E-state index is 11.3. The van der Waals surface area contributed by atoms with Crippen LogP contribution in [0, 0.1) is 13.8 Å². The monoisotopic (exact) mass is 210 g/mol. The Hall–Kier alpha value is -1.65. The average molecular weight is 210 g/mol. The molecule has 0 aliphatic heterocycles. The normalized spacial score (nSPS) is 10.3. The van der Waals surface area contributed by atoms with Gasteiger partial charge in [-0.3, -0.25) is 9.36 Å². The van der Waals surface area contributed by atoms with Gasteiger partial charge in [-0.05, 0) is 25.8 Å². The van der Waals surface area contributed by atoms with Gasteiger partial charge >= 0.3 is 11.7 Å². The summed E-state index contributed by atoms with van der Waals surface area (Å²) in [5, 5.41) is 8.59. The fraction of sp³-hybridized carbons (Fsp3) is 0.500. The van der Waals surface area contributed by atoms with Crippen LogP contribution < -0.4 is 5.69 Å². The molecule has 0 aliphatic rings. The number of carboxylic acids is 1. The summed E-state index contributed by atoms with van der Waals surface area (Å²) in [5.41, 5.74) is 1.95. The molecular formula is C10H14N2O3. The van der Waals surface area contributed by atoms with Crippen LogP contribution in [0.3, 0.4) is 0 Å². The Bertz CT molecular complexity index is 449. The van der Waals surface area contributed by atoms with Crippen molar-refractivity contribution >= 4 is 5.97 Å². The molecule has 5 heteroatoms. The van der Waals surface area contributed by atoms with Gasteiger partial charge in [0.05, 0.1) is 0 Å². The predicted molar refractivity (Wildman–Crippen MR) is 54.9 cm³/mol. The van der Waals surface area contributed by atoms with Crippen LogP contribution >= 0.6 is 0 Å². The van der Waals surface area contributed by atoms with Crippen molar-refractivity contribution in [1.29, 1.82) is 0 Å². The third-order valence-electron chi connectivity index (χ3n) is 2.52. The number of aliphatic carboxylic acids is 1. The lowest BCUT2D eigenvalue weighted by molar-refractivity contribution is -0.136. The summed E-state index contributed by atoms with van der Waals surface area (Å²) < 4.78 is 1.43. The molecule has 15 heavy (non-hydrogen) atoms. The Balaban J connectivity index is 3.12. The number of rotatable bonds is 3. The molecule has 82 valence electrons.